The molecule has 0 fully saturated rings. The summed E-state index contributed by atoms with van der Waals surface area (Å²) < 4.78 is 0. The number of unbranched alkanes of at least 4 members (excludes halogenated alkanes) is 2. The highest BCUT2D eigenvalue weighted by Crippen LogP contribution is 2.26. The van der Waals surface area contributed by atoms with Gasteiger partial charge >= 0.3 is 0 Å². The summed E-state index contributed by atoms with van der Waals surface area (Å²) in [6.07, 6.45) is 4.10. The van der Waals surface area contributed by atoms with Crippen LogP contribution in [0.1, 0.15) is 42.9 Å². The second-order valence-corrected chi connectivity index (χ2v) is 4.68. The van der Waals surface area contributed by atoms with Crippen LogP contribution in [0.15, 0.2) is 30.3 Å². The first-order valence-electron chi connectivity index (χ1n) is 6.66. The minimum atomic E-state index is 0.645. The molecule has 0 saturated carbocycles. The van der Waals surface area contributed by atoms with Crippen LogP contribution in [-0.4, -0.2) is 0 Å². The lowest BCUT2D eigenvalue weighted by atomic mass is 9.92. The number of nitriles is 2. The van der Waals surface area contributed by atoms with Crippen LogP contribution in [0.2, 0.25) is 0 Å². The monoisotopic (exact) mass is 248 g/mol. The highest BCUT2D eigenvalue weighted by Gasteiger charge is 2.12. The fraction of sp³-hybridized carbons (Fsp3) is 0.294. The molecule has 0 aliphatic carbocycles. The number of hydrogen-bond acceptors (Lipinski definition) is 2. The van der Waals surface area contributed by atoms with Gasteiger partial charge in [-0.05, 0) is 35.2 Å². The lowest BCUT2D eigenvalue weighted by molar-refractivity contribution is 0.716. The summed E-state index contributed by atoms with van der Waals surface area (Å²) in [5.74, 6) is 0. The molecule has 0 N–H and O–H groups in total. The Morgan fingerprint density at radius 2 is 1.84 bits per heavy atom. The lowest BCUT2D eigenvalue weighted by Crippen LogP contribution is -1.97. The molecule has 0 bridgehead atoms. The molecule has 2 nitrogen and oxygen atoms in total. The third-order valence-electron chi connectivity index (χ3n) is 3.42. The van der Waals surface area contributed by atoms with Crippen LogP contribution in [0, 0.1) is 22.7 Å². The first-order chi connectivity index (χ1) is 9.31. The predicted molar refractivity (Wildman–Crippen MR) is 76.6 cm³/mol. The van der Waals surface area contributed by atoms with Crippen molar-refractivity contribution in [2.45, 2.75) is 32.6 Å². The van der Waals surface area contributed by atoms with E-state index in [1.54, 1.807) is 0 Å². The summed E-state index contributed by atoms with van der Waals surface area (Å²) in [4.78, 5) is 0. The topological polar surface area (TPSA) is 47.6 Å². The standard InChI is InChI=1S/C17H16N2/c1-2-3-4-8-16-14(11-18)10-13-7-5-6-9-15(13)17(16)12-19/h5-7,9-10H,2-4,8H2,1H3. The highest BCUT2D eigenvalue weighted by molar-refractivity contribution is 5.90. The van der Waals surface area contributed by atoms with Gasteiger partial charge in [-0.2, -0.15) is 10.5 Å². The molecule has 2 aromatic carbocycles. The molecule has 0 saturated heterocycles. The van der Waals surface area contributed by atoms with E-state index in [0.29, 0.717) is 11.1 Å². The summed E-state index contributed by atoms with van der Waals surface area (Å²) in [5, 5.41) is 20.7. The van der Waals surface area contributed by atoms with Gasteiger partial charge in [-0.25, -0.2) is 0 Å². The molecule has 19 heavy (non-hydrogen) atoms. The molecular formula is C17H16N2. The number of fused-ring (bicyclic) bond motifs is 1. The Hall–Kier alpha value is -2.32. The summed E-state index contributed by atoms with van der Waals surface area (Å²) in [5.41, 5.74) is 2.23. The van der Waals surface area contributed by atoms with E-state index in [1.807, 2.05) is 30.3 Å². The van der Waals surface area contributed by atoms with Gasteiger partial charge in [-0.1, -0.05) is 44.0 Å². The summed E-state index contributed by atoms with van der Waals surface area (Å²) in [6.45, 7) is 2.15. The lowest BCUT2D eigenvalue weighted by Gasteiger charge is -2.10. The third-order valence-corrected chi connectivity index (χ3v) is 3.42. The van der Waals surface area contributed by atoms with Gasteiger partial charge in [0.15, 0.2) is 0 Å². The predicted octanol–water partition coefficient (Wildman–Crippen LogP) is 4.32. The molecule has 0 aliphatic rings. The maximum atomic E-state index is 9.43. The van der Waals surface area contributed by atoms with Crippen LogP contribution in [0.4, 0.5) is 0 Å². The van der Waals surface area contributed by atoms with Crippen molar-refractivity contribution in [2.75, 3.05) is 0 Å². The molecule has 0 unspecified atom stereocenters. The molecule has 0 heterocycles. The number of nitrogens with zero attached hydrogens (tertiary/aromatic N) is 2. The Kier molecular flexibility index (Phi) is 4.16. The van der Waals surface area contributed by atoms with E-state index in [1.165, 1.54) is 0 Å². The highest BCUT2D eigenvalue weighted by atomic mass is 14.3. The molecule has 2 aromatic rings. The van der Waals surface area contributed by atoms with E-state index in [4.69, 9.17) is 0 Å². The van der Waals surface area contributed by atoms with Crippen LogP contribution < -0.4 is 0 Å². The summed E-state index contributed by atoms with van der Waals surface area (Å²) in [6, 6.07) is 14.2. The van der Waals surface area contributed by atoms with Crippen molar-refractivity contribution in [3.05, 3.63) is 47.0 Å². The van der Waals surface area contributed by atoms with Gasteiger partial charge in [-0.3, -0.25) is 0 Å². The van der Waals surface area contributed by atoms with E-state index in [9.17, 15) is 10.5 Å². The largest absolute Gasteiger partial charge is 0.192 e. The van der Waals surface area contributed by atoms with E-state index in [-0.39, 0.29) is 0 Å². The van der Waals surface area contributed by atoms with Gasteiger partial charge in [-0.15, -0.1) is 0 Å². The fourth-order valence-electron chi connectivity index (χ4n) is 2.43. The Morgan fingerprint density at radius 1 is 1.05 bits per heavy atom. The zero-order valence-electron chi connectivity index (χ0n) is 11.1. The summed E-state index contributed by atoms with van der Waals surface area (Å²) in [7, 11) is 0. The zero-order valence-corrected chi connectivity index (χ0v) is 11.1. The normalized spacial score (nSPS) is 10.1. The average molecular weight is 248 g/mol. The van der Waals surface area contributed by atoms with Crippen LogP contribution in [0.5, 0.6) is 0 Å². The molecule has 2 rings (SSSR count). The molecule has 94 valence electrons. The zero-order chi connectivity index (χ0) is 13.7. The van der Waals surface area contributed by atoms with E-state index >= 15 is 0 Å². The quantitative estimate of drug-likeness (QED) is 0.757. The second-order valence-electron chi connectivity index (χ2n) is 4.68. The van der Waals surface area contributed by atoms with E-state index < -0.39 is 0 Å². The SMILES string of the molecule is CCCCCc1c(C#N)cc2ccccc2c1C#N. The molecule has 0 radical (unpaired) electrons. The second kappa shape index (κ2) is 6.03. The van der Waals surface area contributed by atoms with Gasteiger partial charge in [0.1, 0.15) is 6.07 Å². The number of hydrogen-bond donors (Lipinski definition) is 0. The maximum Gasteiger partial charge on any atom is 0.100 e. The van der Waals surface area contributed by atoms with Crippen molar-refractivity contribution in [2.24, 2.45) is 0 Å². The molecule has 0 aromatic heterocycles. The number of rotatable bonds is 4. The average Bonchev–Trinajstić information content (AvgIpc) is 2.46. The molecule has 0 aliphatic heterocycles. The smallest absolute Gasteiger partial charge is 0.100 e. The van der Waals surface area contributed by atoms with E-state index in [0.717, 1.165) is 42.0 Å². The van der Waals surface area contributed by atoms with Gasteiger partial charge in [0.2, 0.25) is 0 Å². The van der Waals surface area contributed by atoms with E-state index in [2.05, 4.69) is 19.1 Å². The van der Waals surface area contributed by atoms with Crippen molar-refractivity contribution >= 4 is 10.8 Å². The third kappa shape index (κ3) is 2.59. The van der Waals surface area contributed by atoms with Crippen molar-refractivity contribution in [3.8, 4) is 12.1 Å². The maximum absolute atomic E-state index is 9.43. The van der Waals surface area contributed by atoms with Crippen molar-refractivity contribution in [1.82, 2.24) is 0 Å². The first kappa shape index (κ1) is 13.1. The van der Waals surface area contributed by atoms with Crippen molar-refractivity contribution < 1.29 is 0 Å². The fourth-order valence-corrected chi connectivity index (χ4v) is 2.43. The molecule has 2 heteroatoms. The Morgan fingerprint density at radius 3 is 2.53 bits per heavy atom. The van der Waals surface area contributed by atoms with Gasteiger partial charge in [0, 0.05) is 0 Å². The van der Waals surface area contributed by atoms with Gasteiger partial charge < -0.3 is 0 Å². The molecular weight excluding hydrogens is 232 g/mol. The molecule has 0 atom stereocenters. The van der Waals surface area contributed by atoms with Crippen LogP contribution >= 0.6 is 0 Å². The van der Waals surface area contributed by atoms with Crippen molar-refractivity contribution in [1.29, 1.82) is 10.5 Å². The Bertz CT molecular complexity index is 672. The molecule has 0 amide bonds. The van der Waals surface area contributed by atoms with Crippen molar-refractivity contribution in [3.63, 3.8) is 0 Å². The van der Waals surface area contributed by atoms with Crippen LogP contribution in [-0.2, 0) is 6.42 Å². The van der Waals surface area contributed by atoms with Gasteiger partial charge in [0.05, 0.1) is 17.2 Å². The summed E-state index contributed by atoms with van der Waals surface area (Å²) >= 11 is 0. The Labute approximate surface area is 113 Å². The first-order valence-corrected chi connectivity index (χ1v) is 6.66. The Balaban J connectivity index is 2.60. The number of benzene rings is 2. The van der Waals surface area contributed by atoms with Gasteiger partial charge in [0.25, 0.3) is 0 Å². The molecule has 0 spiro atoms. The van der Waals surface area contributed by atoms with Crippen LogP contribution in [0.3, 0.4) is 0 Å². The minimum absolute atomic E-state index is 0.645. The van der Waals surface area contributed by atoms with Crippen LogP contribution in [0.25, 0.3) is 10.8 Å². The minimum Gasteiger partial charge on any atom is -0.192 e.